The molecule has 7 heteroatoms. The fraction of sp³-hybridized carbons (Fsp3) is 0.409. The predicted octanol–water partition coefficient (Wildman–Crippen LogP) is 4.30. The first-order valence-electron chi connectivity index (χ1n) is 9.45. The van der Waals surface area contributed by atoms with Gasteiger partial charge in [0, 0.05) is 30.2 Å². The van der Waals surface area contributed by atoms with Crippen LogP contribution < -0.4 is 15.8 Å². The molecule has 1 fully saturated rings. The molecular weight excluding hydrogens is 395 g/mol. The van der Waals surface area contributed by atoms with Gasteiger partial charge < -0.3 is 20.5 Å². The van der Waals surface area contributed by atoms with Crippen molar-refractivity contribution in [1.29, 1.82) is 0 Å². The molecule has 2 unspecified atom stereocenters. The summed E-state index contributed by atoms with van der Waals surface area (Å²) in [5.74, 6) is -0.120. The molecule has 1 amide bonds. The molecule has 0 bridgehead atoms. The Morgan fingerprint density at radius 1 is 1.24 bits per heavy atom. The van der Waals surface area contributed by atoms with Crippen molar-refractivity contribution < 1.29 is 18.7 Å². The van der Waals surface area contributed by atoms with E-state index >= 15 is 0 Å². The highest BCUT2D eigenvalue weighted by molar-refractivity contribution is 5.99. The van der Waals surface area contributed by atoms with Crippen LogP contribution in [0.15, 0.2) is 48.5 Å². The lowest BCUT2D eigenvalue weighted by atomic mass is 9.54. The van der Waals surface area contributed by atoms with E-state index in [9.17, 15) is 9.18 Å². The van der Waals surface area contributed by atoms with Gasteiger partial charge in [-0.15, -0.1) is 12.4 Å². The van der Waals surface area contributed by atoms with Crippen molar-refractivity contribution >= 4 is 24.0 Å². The quantitative estimate of drug-likeness (QED) is 0.697. The third kappa shape index (κ3) is 4.71. The Balaban J connectivity index is 0.00000300. The molecule has 2 atom stereocenters. The third-order valence-corrected chi connectivity index (χ3v) is 5.62. The molecule has 1 aliphatic carbocycles. The number of anilines is 1. The molecule has 1 saturated carbocycles. The van der Waals surface area contributed by atoms with Crippen LogP contribution in [0.3, 0.4) is 0 Å². The zero-order valence-electron chi connectivity index (χ0n) is 16.9. The van der Waals surface area contributed by atoms with Crippen LogP contribution in [0.1, 0.15) is 32.8 Å². The summed E-state index contributed by atoms with van der Waals surface area (Å²) in [6.07, 6.45) is 0.460. The monoisotopic (exact) mass is 422 g/mol. The second-order valence-corrected chi connectivity index (χ2v) is 7.74. The van der Waals surface area contributed by atoms with Crippen LogP contribution in [-0.4, -0.2) is 24.2 Å². The van der Waals surface area contributed by atoms with E-state index in [0.717, 1.165) is 5.56 Å². The molecule has 0 heterocycles. The highest BCUT2D eigenvalue weighted by Gasteiger charge is 2.62. The molecule has 0 aromatic heterocycles. The van der Waals surface area contributed by atoms with E-state index in [1.54, 1.807) is 18.2 Å². The average molecular weight is 423 g/mol. The second kappa shape index (κ2) is 9.11. The molecule has 2 aromatic rings. The van der Waals surface area contributed by atoms with Gasteiger partial charge in [-0.3, -0.25) is 4.79 Å². The molecular formula is C22H28ClFN2O3. The molecule has 2 aromatic carbocycles. The number of halogens is 2. The highest BCUT2D eigenvalue weighted by Crippen LogP contribution is 2.50. The van der Waals surface area contributed by atoms with E-state index in [1.807, 2.05) is 39.0 Å². The first kappa shape index (κ1) is 23.1. The first-order valence-corrected chi connectivity index (χ1v) is 9.45. The number of benzene rings is 2. The van der Waals surface area contributed by atoms with Gasteiger partial charge >= 0.3 is 0 Å². The zero-order chi connectivity index (χ0) is 20.4. The third-order valence-electron chi connectivity index (χ3n) is 5.62. The number of nitrogens with two attached hydrogens (primary N) is 1. The summed E-state index contributed by atoms with van der Waals surface area (Å²) in [6.45, 7) is 6.71. The Morgan fingerprint density at radius 2 is 1.97 bits per heavy atom. The summed E-state index contributed by atoms with van der Waals surface area (Å²) in [5, 5.41) is 2.92. The smallest absolute Gasteiger partial charge is 0.245 e. The number of nitrogens with one attached hydrogen (secondary N) is 1. The van der Waals surface area contributed by atoms with Gasteiger partial charge in [0.05, 0.1) is 6.10 Å². The fourth-order valence-corrected chi connectivity index (χ4v) is 3.53. The summed E-state index contributed by atoms with van der Waals surface area (Å²) in [7, 11) is 0. The number of hydrogen-bond donors (Lipinski definition) is 2. The van der Waals surface area contributed by atoms with E-state index in [4.69, 9.17) is 15.2 Å². The number of carbonyl (C=O) groups excluding carboxylic acids is 1. The molecule has 0 aliphatic heterocycles. The predicted molar refractivity (Wildman–Crippen MR) is 114 cm³/mol. The van der Waals surface area contributed by atoms with Crippen molar-refractivity contribution in [1.82, 2.24) is 0 Å². The molecule has 158 valence electrons. The maximum atomic E-state index is 13.2. The van der Waals surface area contributed by atoms with Gasteiger partial charge in [-0.25, -0.2) is 4.39 Å². The summed E-state index contributed by atoms with van der Waals surface area (Å²) in [6, 6.07) is 13.3. The summed E-state index contributed by atoms with van der Waals surface area (Å²) < 4.78 is 24.5. The fourth-order valence-electron chi connectivity index (χ4n) is 3.53. The lowest BCUT2D eigenvalue weighted by Gasteiger charge is -2.57. The van der Waals surface area contributed by atoms with Crippen molar-refractivity contribution in [3.8, 4) is 5.75 Å². The summed E-state index contributed by atoms with van der Waals surface area (Å²) >= 11 is 0. The topological polar surface area (TPSA) is 73.6 Å². The molecule has 0 saturated heterocycles. The lowest BCUT2D eigenvalue weighted by Crippen LogP contribution is -2.74. The van der Waals surface area contributed by atoms with E-state index in [-0.39, 0.29) is 36.8 Å². The Kier molecular flexibility index (Phi) is 7.27. The van der Waals surface area contributed by atoms with Gasteiger partial charge in [0.2, 0.25) is 5.91 Å². The molecule has 29 heavy (non-hydrogen) atoms. The standard InChI is InChI=1S/C22H27FN2O3.ClH/c1-4-27-19-13-22(24,21(19,2)3)20(26)25-17-9-5-7-15(11-17)14-28-18-10-6-8-16(23)12-18;/h5-12,19H,4,13-14,24H2,1-3H3,(H,25,26);1H. The Morgan fingerprint density at radius 3 is 2.62 bits per heavy atom. The summed E-state index contributed by atoms with van der Waals surface area (Å²) in [5.41, 5.74) is 6.49. The number of hydrogen-bond acceptors (Lipinski definition) is 4. The Labute approximate surface area is 177 Å². The maximum absolute atomic E-state index is 13.2. The van der Waals surface area contributed by atoms with E-state index in [2.05, 4.69) is 5.32 Å². The Bertz CT molecular complexity index is 861. The van der Waals surface area contributed by atoms with E-state index in [0.29, 0.717) is 24.5 Å². The maximum Gasteiger partial charge on any atom is 0.245 e. The molecule has 3 rings (SSSR count). The SMILES string of the molecule is CCOC1CC(N)(C(=O)Nc2cccc(COc3cccc(F)c3)c2)C1(C)C.Cl. The minimum atomic E-state index is -0.985. The largest absolute Gasteiger partial charge is 0.489 e. The minimum Gasteiger partial charge on any atom is -0.489 e. The van der Waals surface area contributed by atoms with Crippen LogP contribution in [0.4, 0.5) is 10.1 Å². The van der Waals surface area contributed by atoms with Crippen molar-refractivity contribution in [2.75, 3.05) is 11.9 Å². The molecule has 3 N–H and O–H groups in total. The van der Waals surface area contributed by atoms with Crippen LogP contribution in [0.5, 0.6) is 5.75 Å². The molecule has 0 radical (unpaired) electrons. The van der Waals surface area contributed by atoms with E-state index in [1.165, 1.54) is 12.1 Å². The van der Waals surface area contributed by atoms with Crippen molar-refractivity contribution in [2.24, 2.45) is 11.1 Å². The Hall–Kier alpha value is -2.15. The van der Waals surface area contributed by atoms with Crippen LogP contribution in [0, 0.1) is 11.2 Å². The van der Waals surface area contributed by atoms with Gasteiger partial charge in [0.15, 0.2) is 0 Å². The second-order valence-electron chi connectivity index (χ2n) is 7.74. The molecule has 5 nitrogen and oxygen atoms in total. The molecule has 0 spiro atoms. The highest BCUT2D eigenvalue weighted by atomic mass is 35.5. The van der Waals surface area contributed by atoms with Crippen molar-refractivity contribution in [2.45, 2.75) is 45.4 Å². The average Bonchev–Trinajstić information content (AvgIpc) is 2.66. The lowest BCUT2D eigenvalue weighted by molar-refractivity contribution is -0.166. The van der Waals surface area contributed by atoms with Crippen molar-refractivity contribution in [3.05, 3.63) is 59.9 Å². The minimum absolute atomic E-state index is 0. The first-order chi connectivity index (χ1) is 13.3. The van der Waals surface area contributed by atoms with Gasteiger partial charge in [0.1, 0.15) is 23.7 Å². The van der Waals surface area contributed by atoms with Crippen molar-refractivity contribution in [3.63, 3.8) is 0 Å². The number of rotatable bonds is 7. The van der Waals surface area contributed by atoms with Gasteiger partial charge in [-0.05, 0) is 36.8 Å². The normalized spacial score (nSPS) is 22.2. The van der Waals surface area contributed by atoms with Crippen LogP contribution in [-0.2, 0) is 16.1 Å². The van der Waals surface area contributed by atoms with Gasteiger partial charge in [0.25, 0.3) is 0 Å². The van der Waals surface area contributed by atoms with Gasteiger partial charge in [-0.2, -0.15) is 0 Å². The van der Waals surface area contributed by atoms with E-state index < -0.39 is 11.0 Å². The zero-order valence-corrected chi connectivity index (χ0v) is 17.7. The van der Waals surface area contributed by atoms with Crippen LogP contribution >= 0.6 is 12.4 Å². The van der Waals surface area contributed by atoms with Gasteiger partial charge in [-0.1, -0.05) is 32.0 Å². The number of carbonyl (C=O) groups is 1. The summed E-state index contributed by atoms with van der Waals surface area (Å²) in [4.78, 5) is 12.8. The van der Waals surface area contributed by atoms with Crippen LogP contribution in [0.2, 0.25) is 0 Å². The van der Waals surface area contributed by atoms with Crippen LogP contribution in [0.25, 0.3) is 0 Å². The number of amides is 1. The molecule has 1 aliphatic rings. The number of ether oxygens (including phenoxy) is 2.